The third-order valence-corrected chi connectivity index (χ3v) is 3.34. The van der Waals surface area contributed by atoms with E-state index in [4.69, 9.17) is 11.0 Å². The smallest absolute Gasteiger partial charge is 0.150 e. The van der Waals surface area contributed by atoms with Crippen LogP contribution in [0, 0.1) is 18.3 Å². The molecular formula is C12H12N4S. The number of rotatable bonds is 3. The first-order valence-electron chi connectivity index (χ1n) is 5.14. The van der Waals surface area contributed by atoms with Crippen molar-refractivity contribution in [3.8, 4) is 6.07 Å². The molecule has 4 nitrogen and oxygen atoms in total. The molecule has 0 bridgehead atoms. The second kappa shape index (κ2) is 4.85. The SMILES string of the molecule is Cc1ccc(CNc2nccc(C#N)c2N)s1. The molecule has 3 N–H and O–H groups in total. The average Bonchev–Trinajstić information content (AvgIpc) is 2.74. The van der Waals surface area contributed by atoms with Gasteiger partial charge < -0.3 is 11.1 Å². The topological polar surface area (TPSA) is 74.7 Å². The van der Waals surface area contributed by atoms with Crippen molar-refractivity contribution in [2.45, 2.75) is 13.5 Å². The Kier molecular flexibility index (Phi) is 3.26. The number of nitrogens with one attached hydrogen (secondary N) is 1. The predicted octanol–water partition coefficient (Wildman–Crippen LogP) is 2.52. The Balaban J connectivity index is 2.12. The van der Waals surface area contributed by atoms with E-state index >= 15 is 0 Å². The number of pyridine rings is 1. The van der Waals surface area contributed by atoms with Crippen LogP contribution in [0.5, 0.6) is 0 Å². The Hall–Kier alpha value is -2.06. The van der Waals surface area contributed by atoms with Crippen LogP contribution in [0.2, 0.25) is 0 Å². The minimum atomic E-state index is 0.406. The largest absolute Gasteiger partial charge is 0.395 e. The molecule has 0 radical (unpaired) electrons. The number of aryl methyl sites for hydroxylation is 1. The van der Waals surface area contributed by atoms with Crippen molar-refractivity contribution in [3.63, 3.8) is 0 Å². The normalized spacial score (nSPS) is 9.88. The Morgan fingerprint density at radius 1 is 1.47 bits per heavy atom. The molecule has 86 valence electrons. The van der Waals surface area contributed by atoms with E-state index in [1.807, 2.05) is 6.07 Å². The van der Waals surface area contributed by atoms with Gasteiger partial charge >= 0.3 is 0 Å². The van der Waals surface area contributed by atoms with Gasteiger partial charge in [0.1, 0.15) is 6.07 Å². The molecule has 0 saturated heterocycles. The molecule has 17 heavy (non-hydrogen) atoms. The van der Waals surface area contributed by atoms with E-state index in [1.54, 1.807) is 23.6 Å². The minimum Gasteiger partial charge on any atom is -0.395 e. The van der Waals surface area contributed by atoms with Crippen LogP contribution in [0.4, 0.5) is 11.5 Å². The maximum Gasteiger partial charge on any atom is 0.150 e. The highest BCUT2D eigenvalue weighted by molar-refractivity contribution is 7.11. The highest BCUT2D eigenvalue weighted by atomic mass is 32.1. The molecule has 2 aromatic heterocycles. The molecule has 0 amide bonds. The molecule has 0 aliphatic heterocycles. The first-order chi connectivity index (χ1) is 8.20. The second-order valence-corrected chi connectivity index (χ2v) is 4.97. The van der Waals surface area contributed by atoms with E-state index in [1.165, 1.54) is 9.75 Å². The van der Waals surface area contributed by atoms with Crippen LogP contribution in [0.25, 0.3) is 0 Å². The van der Waals surface area contributed by atoms with Crippen molar-refractivity contribution in [1.82, 2.24) is 4.98 Å². The zero-order chi connectivity index (χ0) is 12.3. The summed E-state index contributed by atoms with van der Waals surface area (Å²) in [6.07, 6.45) is 1.58. The van der Waals surface area contributed by atoms with Crippen molar-refractivity contribution in [3.05, 3.63) is 39.7 Å². The fourth-order valence-corrected chi connectivity index (χ4v) is 2.29. The molecule has 0 aliphatic rings. The third kappa shape index (κ3) is 2.55. The molecule has 2 heterocycles. The van der Waals surface area contributed by atoms with E-state index < -0.39 is 0 Å². The van der Waals surface area contributed by atoms with Crippen molar-refractivity contribution in [2.24, 2.45) is 0 Å². The molecule has 0 aliphatic carbocycles. The fraction of sp³-hybridized carbons (Fsp3) is 0.167. The summed E-state index contributed by atoms with van der Waals surface area (Å²) >= 11 is 1.73. The molecule has 0 fully saturated rings. The van der Waals surface area contributed by atoms with Gasteiger partial charge in [-0.05, 0) is 25.1 Å². The summed E-state index contributed by atoms with van der Waals surface area (Å²) in [4.78, 5) is 6.61. The Morgan fingerprint density at radius 2 is 2.29 bits per heavy atom. The lowest BCUT2D eigenvalue weighted by atomic mass is 10.2. The number of nitriles is 1. The number of anilines is 2. The zero-order valence-electron chi connectivity index (χ0n) is 9.40. The summed E-state index contributed by atoms with van der Waals surface area (Å²) < 4.78 is 0. The van der Waals surface area contributed by atoms with Crippen molar-refractivity contribution < 1.29 is 0 Å². The zero-order valence-corrected chi connectivity index (χ0v) is 10.2. The Labute approximate surface area is 104 Å². The Bertz CT molecular complexity index is 568. The van der Waals surface area contributed by atoms with Gasteiger partial charge in [-0.1, -0.05) is 0 Å². The highest BCUT2D eigenvalue weighted by Crippen LogP contribution is 2.21. The summed E-state index contributed by atoms with van der Waals surface area (Å²) in [5, 5.41) is 12.0. The molecule has 0 aromatic carbocycles. The third-order valence-electron chi connectivity index (χ3n) is 2.34. The van der Waals surface area contributed by atoms with E-state index in [9.17, 15) is 0 Å². The molecule has 0 saturated carbocycles. The summed E-state index contributed by atoms with van der Waals surface area (Å²) in [7, 11) is 0. The number of hydrogen-bond donors (Lipinski definition) is 2. The lowest BCUT2D eigenvalue weighted by Crippen LogP contribution is -2.04. The molecule has 2 aromatic rings. The van der Waals surface area contributed by atoms with Gasteiger partial charge in [0.2, 0.25) is 0 Å². The van der Waals surface area contributed by atoms with Crippen molar-refractivity contribution >= 4 is 22.8 Å². The van der Waals surface area contributed by atoms with Crippen LogP contribution < -0.4 is 11.1 Å². The lowest BCUT2D eigenvalue weighted by Gasteiger charge is -2.07. The summed E-state index contributed by atoms with van der Waals surface area (Å²) in [5.41, 5.74) is 6.67. The standard InChI is InChI=1S/C12H12N4S/c1-8-2-3-10(17-8)7-16-12-11(14)9(6-13)4-5-15-12/h2-5H,7,14H2,1H3,(H,15,16). The number of nitrogen functional groups attached to an aromatic ring is 1. The number of aromatic nitrogens is 1. The van der Waals surface area contributed by atoms with E-state index in [0.717, 1.165) is 0 Å². The molecule has 0 atom stereocenters. The van der Waals surface area contributed by atoms with Gasteiger partial charge in [-0.3, -0.25) is 0 Å². The fourth-order valence-electron chi connectivity index (χ4n) is 1.46. The average molecular weight is 244 g/mol. The quantitative estimate of drug-likeness (QED) is 0.870. The van der Waals surface area contributed by atoms with Gasteiger partial charge in [-0.25, -0.2) is 4.98 Å². The predicted molar refractivity (Wildman–Crippen MR) is 69.7 cm³/mol. The van der Waals surface area contributed by atoms with Gasteiger partial charge in [0.15, 0.2) is 5.82 Å². The van der Waals surface area contributed by atoms with Gasteiger partial charge in [0.25, 0.3) is 0 Å². The van der Waals surface area contributed by atoms with E-state index in [-0.39, 0.29) is 0 Å². The number of hydrogen-bond acceptors (Lipinski definition) is 5. The second-order valence-electron chi connectivity index (χ2n) is 3.60. The van der Waals surface area contributed by atoms with Gasteiger partial charge in [0.05, 0.1) is 17.8 Å². The maximum absolute atomic E-state index is 8.85. The van der Waals surface area contributed by atoms with Crippen LogP contribution in [0.1, 0.15) is 15.3 Å². The van der Waals surface area contributed by atoms with Crippen LogP contribution in [-0.2, 0) is 6.54 Å². The minimum absolute atomic E-state index is 0.406. The number of nitrogens with two attached hydrogens (primary N) is 1. The number of thiophene rings is 1. The van der Waals surface area contributed by atoms with Crippen LogP contribution >= 0.6 is 11.3 Å². The maximum atomic E-state index is 8.85. The monoisotopic (exact) mass is 244 g/mol. The van der Waals surface area contributed by atoms with Crippen LogP contribution in [0.15, 0.2) is 24.4 Å². The lowest BCUT2D eigenvalue weighted by molar-refractivity contribution is 1.14. The summed E-state index contributed by atoms with van der Waals surface area (Å²) in [5.74, 6) is 0.565. The Morgan fingerprint density at radius 3 is 2.94 bits per heavy atom. The highest BCUT2D eigenvalue weighted by Gasteiger charge is 2.05. The molecule has 0 spiro atoms. The molecular weight excluding hydrogens is 232 g/mol. The van der Waals surface area contributed by atoms with Gasteiger partial charge in [-0.15, -0.1) is 11.3 Å². The molecule has 5 heteroatoms. The molecule has 2 rings (SSSR count). The van der Waals surface area contributed by atoms with Gasteiger partial charge in [-0.2, -0.15) is 5.26 Å². The van der Waals surface area contributed by atoms with Crippen LogP contribution in [-0.4, -0.2) is 4.98 Å². The van der Waals surface area contributed by atoms with Gasteiger partial charge in [0, 0.05) is 16.0 Å². The van der Waals surface area contributed by atoms with Crippen molar-refractivity contribution in [1.29, 1.82) is 5.26 Å². The summed E-state index contributed by atoms with van der Waals surface area (Å²) in [6.45, 7) is 2.74. The van der Waals surface area contributed by atoms with Crippen LogP contribution in [0.3, 0.4) is 0 Å². The number of nitrogens with zero attached hydrogens (tertiary/aromatic N) is 2. The first-order valence-corrected chi connectivity index (χ1v) is 5.96. The summed E-state index contributed by atoms with van der Waals surface area (Å²) in [6, 6.07) is 7.78. The molecule has 0 unspecified atom stereocenters. The van der Waals surface area contributed by atoms with E-state index in [2.05, 4.69) is 29.4 Å². The van der Waals surface area contributed by atoms with E-state index in [0.29, 0.717) is 23.6 Å². The first kappa shape index (κ1) is 11.4. The van der Waals surface area contributed by atoms with Crippen molar-refractivity contribution in [2.75, 3.05) is 11.1 Å².